The second-order valence-corrected chi connectivity index (χ2v) is 11.1. The van der Waals surface area contributed by atoms with E-state index in [-0.39, 0.29) is 38.5 Å². The lowest BCUT2D eigenvalue weighted by Crippen LogP contribution is -2.07. The Labute approximate surface area is 293 Å². The van der Waals surface area contributed by atoms with Gasteiger partial charge >= 0.3 is 18.5 Å². The number of alkyl halides is 10. The van der Waals surface area contributed by atoms with E-state index in [1.807, 2.05) is 0 Å². The zero-order valence-electron chi connectivity index (χ0n) is 27.7. The Morgan fingerprint density at radius 3 is 0.942 bits per heavy atom. The monoisotopic (exact) mass is 756 g/mol. The number of Topliss-reactive ketones (excluding diaryl/α,β-unsaturated/α-hetero) is 1. The van der Waals surface area contributed by atoms with E-state index in [1.54, 1.807) is 48.5 Å². The summed E-state index contributed by atoms with van der Waals surface area (Å²) in [5, 5.41) is 0. The van der Waals surface area contributed by atoms with Crippen molar-refractivity contribution in [1.29, 1.82) is 0 Å². The third kappa shape index (κ3) is 22.5. The molecule has 52 heavy (non-hydrogen) atoms. The van der Waals surface area contributed by atoms with E-state index >= 15 is 0 Å². The van der Waals surface area contributed by atoms with E-state index in [0.717, 1.165) is 0 Å². The summed E-state index contributed by atoms with van der Waals surface area (Å²) >= 11 is 0. The fourth-order valence-electron chi connectivity index (χ4n) is 4.24. The van der Waals surface area contributed by atoms with Crippen LogP contribution in [0.1, 0.15) is 65.6 Å². The van der Waals surface area contributed by atoms with Crippen LogP contribution in [0.5, 0.6) is 0 Å². The first-order valence-electron chi connectivity index (χ1n) is 15.9. The van der Waals surface area contributed by atoms with Gasteiger partial charge < -0.3 is 0 Å². The molecule has 0 spiro atoms. The van der Waals surface area contributed by atoms with Crippen molar-refractivity contribution < 1.29 is 61.9 Å². The molecule has 0 heterocycles. The fourth-order valence-corrected chi connectivity index (χ4v) is 4.24. The molecule has 286 valence electrons. The summed E-state index contributed by atoms with van der Waals surface area (Å²) in [4.78, 5) is 10.6. The van der Waals surface area contributed by atoms with Crippen molar-refractivity contribution in [3.8, 4) is 0 Å². The van der Waals surface area contributed by atoms with Gasteiger partial charge in [-0.2, -0.15) is 39.5 Å². The molecule has 0 amide bonds. The zero-order valence-corrected chi connectivity index (χ0v) is 27.7. The van der Waals surface area contributed by atoms with Crippen LogP contribution < -0.4 is 0 Å². The molecular weight excluding hydrogens is 719 g/mol. The van der Waals surface area contributed by atoms with Gasteiger partial charge in [0.25, 0.3) is 0 Å². The van der Waals surface area contributed by atoms with Gasteiger partial charge in [0.2, 0.25) is 0 Å². The van der Waals surface area contributed by atoms with Crippen molar-refractivity contribution in [3.05, 3.63) is 143 Å². The summed E-state index contributed by atoms with van der Waals surface area (Å²) in [6.45, 7) is -0.913. The van der Waals surface area contributed by atoms with E-state index in [1.165, 1.54) is 54.6 Å². The lowest BCUT2D eigenvalue weighted by Gasteiger charge is -2.06. The lowest BCUT2D eigenvalue weighted by molar-refractivity contribution is -0.136. The largest absolute Gasteiger partial charge is 0.389 e. The maximum absolute atomic E-state index is 12.9. The summed E-state index contributed by atoms with van der Waals surface area (Å²) in [5.41, 5.74) is 1.47. The van der Waals surface area contributed by atoms with Crippen molar-refractivity contribution >= 4 is 5.78 Å². The highest BCUT2D eigenvalue weighted by Gasteiger charge is 2.27. The first kappa shape index (κ1) is 45.7. The van der Waals surface area contributed by atoms with Crippen molar-refractivity contribution in [1.82, 2.24) is 0 Å². The van der Waals surface area contributed by atoms with Crippen LogP contribution in [0, 0.1) is 17.5 Å². The molecule has 0 aliphatic heterocycles. The number of rotatable bonds is 11. The number of halogens is 13. The minimum absolute atomic E-state index is 0.0650. The predicted octanol–water partition coefficient (Wildman–Crippen LogP) is 13.0. The second-order valence-electron chi connectivity index (χ2n) is 11.1. The molecule has 0 saturated heterocycles. The standard InChI is InChI=1S/3C10H10F4.C8H7FO/c3*11-9-6-2-1-4-8(9)5-3-7-10(12,13)14;9-6-8(10)7-4-2-1-3-5-7/h3*1-2,4,6H,3,5,7H2;1-5H,6H2. The number of ketones is 1. The van der Waals surface area contributed by atoms with Crippen LogP contribution in [0.15, 0.2) is 103 Å². The number of carbonyl (C=O) groups is 1. The lowest BCUT2D eigenvalue weighted by atomic mass is 10.1. The number of hydrogen-bond acceptors (Lipinski definition) is 1. The van der Waals surface area contributed by atoms with Gasteiger partial charge in [-0.05, 0) is 73.4 Å². The molecule has 1 nitrogen and oxygen atoms in total. The first-order valence-corrected chi connectivity index (χ1v) is 15.9. The molecule has 4 aromatic carbocycles. The van der Waals surface area contributed by atoms with Crippen molar-refractivity contribution in [3.63, 3.8) is 0 Å². The molecule has 0 aliphatic carbocycles. The Bertz CT molecular complexity index is 1420. The van der Waals surface area contributed by atoms with Gasteiger partial charge in [-0.3, -0.25) is 4.79 Å². The van der Waals surface area contributed by atoms with Crippen LogP contribution >= 0.6 is 0 Å². The predicted molar refractivity (Wildman–Crippen MR) is 173 cm³/mol. The highest BCUT2D eigenvalue weighted by atomic mass is 19.4. The topological polar surface area (TPSA) is 17.1 Å². The molecule has 0 saturated carbocycles. The summed E-state index contributed by atoms with van der Waals surface area (Å²) in [7, 11) is 0. The minimum atomic E-state index is -4.15. The molecular formula is C38H37F13O. The van der Waals surface area contributed by atoms with Crippen molar-refractivity contribution in [2.75, 3.05) is 6.67 Å². The van der Waals surface area contributed by atoms with Gasteiger partial charge in [-0.25, -0.2) is 17.6 Å². The van der Waals surface area contributed by atoms with Gasteiger partial charge in [-0.15, -0.1) is 0 Å². The van der Waals surface area contributed by atoms with Gasteiger partial charge in [-0.1, -0.05) is 84.9 Å². The second kappa shape index (κ2) is 23.3. The Kier molecular flexibility index (Phi) is 20.4. The van der Waals surface area contributed by atoms with Crippen molar-refractivity contribution in [2.45, 2.75) is 76.3 Å². The third-order valence-corrected chi connectivity index (χ3v) is 6.81. The van der Waals surface area contributed by atoms with E-state index < -0.39 is 67.7 Å². The number of benzene rings is 4. The molecule has 0 fully saturated rings. The van der Waals surface area contributed by atoms with E-state index in [9.17, 15) is 61.9 Å². The van der Waals surface area contributed by atoms with Crippen LogP contribution in [0.3, 0.4) is 0 Å². The van der Waals surface area contributed by atoms with E-state index in [2.05, 4.69) is 0 Å². The Morgan fingerprint density at radius 1 is 0.423 bits per heavy atom. The molecule has 0 N–H and O–H groups in total. The normalized spacial score (nSPS) is 11.2. The summed E-state index contributed by atoms with van der Waals surface area (Å²) in [5.74, 6) is -1.76. The maximum atomic E-state index is 12.9. The summed E-state index contributed by atoms with van der Waals surface area (Å²) < 4.78 is 156. The molecule has 0 bridgehead atoms. The SMILES string of the molecule is Fc1ccccc1CCCC(F)(F)F.Fc1ccccc1CCCC(F)(F)F.Fc1ccccc1CCCC(F)(F)F.O=C(CF)c1ccccc1. The molecule has 4 aromatic rings. The Balaban J connectivity index is 0.000000349. The Morgan fingerprint density at radius 2 is 0.692 bits per heavy atom. The fraction of sp³-hybridized carbons (Fsp3) is 0.342. The van der Waals surface area contributed by atoms with Gasteiger partial charge in [0.15, 0.2) is 12.5 Å². The number of hydrogen-bond donors (Lipinski definition) is 0. The van der Waals surface area contributed by atoms with Gasteiger partial charge in [0.05, 0.1) is 0 Å². The van der Waals surface area contributed by atoms with Gasteiger partial charge in [0, 0.05) is 24.8 Å². The number of aryl methyl sites for hydroxylation is 3. The third-order valence-electron chi connectivity index (χ3n) is 6.81. The average Bonchev–Trinajstić information content (AvgIpc) is 3.07. The first-order chi connectivity index (χ1) is 24.3. The molecule has 4 rings (SSSR count). The van der Waals surface area contributed by atoms with E-state index in [0.29, 0.717) is 22.3 Å². The summed E-state index contributed by atoms with van der Waals surface area (Å²) in [6.07, 6.45) is -14.8. The zero-order chi connectivity index (χ0) is 39.2. The molecule has 0 atom stereocenters. The Hall–Kier alpha value is -4.36. The van der Waals surface area contributed by atoms with Crippen LogP contribution in [-0.2, 0) is 19.3 Å². The highest BCUT2D eigenvalue weighted by Crippen LogP contribution is 2.25. The smallest absolute Gasteiger partial charge is 0.291 e. The molecule has 0 unspecified atom stereocenters. The van der Waals surface area contributed by atoms with Crippen LogP contribution in [0.2, 0.25) is 0 Å². The summed E-state index contributed by atoms with van der Waals surface area (Å²) in [6, 6.07) is 26.1. The maximum Gasteiger partial charge on any atom is 0.389 e. The van der Waals surface area contributed by atoms with Crippen LogP contribution in [0.4, 0.5) is 57.1 Å². The molecule has 0 aromatic heterocycles. The van der Waals surface area contributed by atoms with Gasteiger partial charge in [0.1, 0.15) is 17.5 Å². The number of carbonyl (C=O) groups excluding carboxylic acids is 1. The molecule has 0 radical (unpaired) electrons. The van der Waals surface area contributed by atoms with Crippen molar-refractivity contribution in [2.24, 2.45) is 0 Å². The van der Waals surface area contributed by atoms with Crippen LogP contribution in [-0.4, -0.2) is 31.0 Å². The average molecular weight is 757 g/mol. The quantitative estimate of drug-likeness (QED) is 0.110. The van der Waals surface area contributed by atoms with E-state index in [4.69, 9.17) is 0 Å². The molecule has 14 heteroatoms. The minimum Gasteiger partial charge on any atom is -0.291 e. The van der Waals surface area contributed by atoms with Crippen LogP contribution in [0.25, 0.3) is 0 Å². The highest BCUT2D eigenvalue weighted by molar-refractivity contribution is 5.96. The molecule has 0 aliphatic rings.